The number of benzene rings is 1. The molecule has 0 saturated carbocycles. The lowest BCUT2D eigenvalue weighted by molar-refractivity contribution is 0.0640. The minimum absolute atomic E-state index is 0.170. The molecule has 0 saturated heterocycles. The van der Waals surface area contributed by atoms with Crippen molar-refractivity contribution in [3.63, 3.8) is 0 Å². The predicted molar refractivity (Wildman–Crippen MR) is 67.2 cm³/mol. The molecule has 5 nitrogen and oxygen atoms in total. The number of nitrogens with zero attached hydrogens (tertiary/aromatic N) is 2. The van der Waals surface area contributed by atoms with Crippen molar-refractivity contribution in [2.24, 2.45) is 0 Å². The number of halogens is 1. The first kappa shape index (κ1) is 15.6. The van der Waals surface area contributed by atoms with Gasteiger partial charge in [0.05, 0.1) is 5.60 Å². The number of rotatable bonds is 4. The third-order valence-corrected chi connectivity index (χ3v) is 4.23. The van der Waals surface area contributed by atoms with E-state index in [-0.39, 0.29) is 6.54 Å². The number of likely N-dealkylation sites (N-methyl/N-ethyl adjacent to an activating group) is 1. The minimum Gasteiger partial charge on any atom is -0.389 e. The maximum atomic E-state index is 13.4. The fourth-order valence-corrected chi connectivity index (χ4v) is 3.10. The van der Waals surface area contributed by atoms with Gasteiger partial charge in [-0.25, -0.2) is 12.8 Å². The van der Waals surface area contributed by atoms with Crippen LogP contribution >= 0.6 is 0 Å². The number of hydrogen-bond acceptors (Lipinski definition) is 4. The van der Waals surface area contributed by atoms with E-state index in [1.54, 1.807) is 6.07 Å². The average Bonchev–Trinajstić information content (AvgIpc) is 2.26. The summed E-state index contributed by atoms with van der Waals surface area (Å²) in [4.78, 5) is -0.401. The predicted octanol–water partition coefficient (Wildman–Crippen LogP) is 1.09. The average molecular weight is 286 g/mol. The number of sulfonamides is 1. The van der Waals surface area contributed by atoms with Crippen LogP contribution in [-0.4, -0.2) is 37.0 Å². The van der Waals surface area contributed by atoms with Crippen LogP contribution in [0.4, 0.5) is 4.39 Å². The monoisotopic (exact) mass is 286 g/mol. The zero-order valence-corrected chi connectivity index (χ0v) is 11.7. The number of aliphatic hydroxyl groups is 1. The number of nitriles is 1. The molecule has 1 rings (SSSR count). The standard InChI is InChI=1S/C12H15FN2O3S/c1-12(2,16)8-15(3)19(17,18)11-6-4-5-10(13)9(11)7-14/h4-6,16H,8H2,1-3H3. The third kappa shape index (κ3) is 3.50. The highest BCUT2D eigenvalue weighted by molar-refractivity contribution is 7.89. The molecular formula is C12H15FN2O3S. The van der Waals surface area contributed by atoms with Gasteiger partial charge < -0.3 is 5.11 Å². The zero-order chi connectivity index (χ0) is 14.8. The largest absolute Gasteiger partial charge is 0.389 e. The van der Waals surface area contributed by atoms with Crippen LogP contribution in [0.15, 0.2) is 23.1 Å². The van der Waals surface area contributed by atoms with Crippen LogP contribution in [0.2, 0.25) is 0 Å². The van der Waals surface area contributed by atoms with E-state index in [1.165, 1.54) is 27.0 Å². The molecule has 0 spiro atoms. The van der Waals surface area contributed by atoms with E-state index >= 15 is 0 Å². The Morgan fingerprint density at radius 3 is 2.53 bits per heavy atom. The Balaban J connectivity index is 3.30. The molecule has 0 aliphatic heterocycles. The van der Waals surface area contributed by atoms with Gasteiger partial charge in [0.15, 0.2) is 0 Å². The highest BCUT2D eigenvalue weighted by Gasteiger charge is 2.29. The van der Waals surface area contributed by atoms with Gasteiger partial charge in [0.1, 0.15) is 22.3 Å². The molecule has 0 aliphatic rings. The summed E-state index contributed by atoms with van der Waals surface area (Å²) >= 11 is 0. The van der Waals surface area contributed by atoms with E-state index in [4.69, 9.17) is 5.26 Å². The Hall–Kier alpha value is -1.49. The fourth-order valence-electron chi connectivity index (χ4n) is 1.63. The summed E-state index contributed by atoms with van der Waals surface area (Å²) in [5.74, 6) is -0.889. The molecule has 7 heteroatoms. The smallest absolute Gasteiger partial charge is 0.244 e. The molecular weight excluding hydrogens is 271 g/mol. The molecule has 19 heavy (non-hydrogen) atoms. The van der Waals surface area contributed by atoms with Gasteiger partial charge in [-0.2, -0.15) is 9.57 Å². The van der Waals surface area contributed by atoms with Crippen LogP contribution in [0.25, 0.3) is 0 Å². The van der Waals surface area contributed by atoms with Crippen LogP contribution < -0.4 is 0 Å². The van der Waals surface area contributed by atoms with Crippen molar-refractivity contribution in [1.82, 2.24) is 4.31 Å². The van der Waals surface area contributed by atoms with Gasteiger partial charge in [-0.1, -0.05) is 6.07 Å². The van der Waals surface area contributed by atoms with Crippen LogP contribution in [0.5, 0.6) is 0 Å². The molecule has 0 unspecified atom stereocenters. The second-order valence-corrected chi connectivity index (χ2v) is 6.81. The van der Waals surface area contributed by atoms with Crippen molar-refractivity contribution in [3.05, 3.63) is 29.6 Å². The Bertz CT molecular complexity index is 615. The first-order chi connectivity index (χ1) is 8.59. The lowest BCUT2D eigenvalue weighted by atomic mass is 10.1. The van der Waals surface area contributed by atoms with Gasteiger partial charge >= 0.3 is 0 Å². The van der Waals surface area contributed by atoms with Crippen LogP contribution in [0, 0.1) is 17.1 Å². The van der Waals surface area contributed by atoms with Gasteiger partial charge in [-0.3, -0.25) is 0 Å². The maximum absolute atomic E-state index is 13.4. The minimum atomic E-state index is -4.03. The van der Waals surface area contributed by atoms with E-state index in [0.29, 0.717) is 0 Å². The van der Waals surface area contributed by atoms with Crippen molar-refractivity contribution in [2.45, 2.75) is 24.3 Å². The van der Waals surface area contributed by atoms with Crippen LogP contribution in [0.3, 0.4) is 0 Å². The SMILES string of the molecule is CN(CC(C)(C)O)S(=O)(=O)c1cccc(F)c1C#N. The van der Waals surface area contributed by atoms with Gasteiger partial charge in [0.25, 0.3) is 0 Å². The molecule has 104 valence electrons. The van der Waals surface area contributed by atoms with Crippen molar-refractivity contribution < 1.29 is 17.9 Å². The van der Waals surface area contributed by atoms with Gasteiger partial charge in [0.2, 0.25) is 10.0 Å². The van der Waals surface area contributed by atoms with Crippen molar-refractivity contribution in [1.29, 1.82) is 5.26 Å². The van der Waals surface area contributed by atoms with Gasteiger partial charge in [-0.15, -0.1) is 0 Å². The zero-order valence-electron chi connectivity index (χ0n) is 10.9. The number of hydrogen-bond donors (Lipinski definition) is 1. The molecule has 0 atom stereocenters. The van der Waals surface area contributed by atoms with E-state index < -0.39 is 31.9 Å². The summed E-state index contributed by atoms with van der Waals surface area (Å²) in [5, 5.41) is 18.5. The van der Waals surface area contributed by atoms with Crippen molar-refractivity contribution in [3.8, 4) is 6.07 Å². The molecule has 0 amide bonds. The summed E-state index contributed by atoms with van der Waals surface area (Å²) in [7, 11) is -2.76. The summed E-state index contributed by atoms with van der Waals surface area (Å²) in [5.41, 5.74) is -1.76. The topological polar surface area (TPSA) is 81.4 Å². The van der Waals surface area contributed by atoms with Gasteiger partial charge in [0, 0.05) is 13.6 Å². The molecule has 1 aromatic carbocycles. The lowest BCUT2D eigenvalue weighted by Gasteiger charge is -2.25. The fraction of sp³-hybridized carbons (Fsp3) is 0.417. The molecule has 0 fully saturated rings. The van der Waals surface area contributed by atoms with E-state index in [1.807, 2.05) is 0 Å². The molecule has 1 aromatic rings. The van der Waals surface area contributed by atoms with E-state index in [0.717, 1.165) is 16.4 Å². The molecule has 0 heterocycles. The Morgan fingerprint density at radius 2 is 2.05 bits per heavy atom. The highest BCUT2D eigenvalue weighted by Crippen LogP contribution is 2.22. The van der Waals surface area contributed by atoms with Crippen LogP contribution in [-0.2, 0) is 10.0 Å². The summed E-state index contributed by atoms with van der Waals surface area (Å²) in [6.45, 7) is 2.74. The lowest BCUT2D eigenvalue weighted by Crippen LogP contribution is -2.39. The quantitative estimate of drug-likeness (QED) is 0.898. The van der Waals surface area contributed by atoms with Gasteiger partial charge in [-0.05, 0) is 26.0 Å². The Morgan fingerprint density at radius 1 is 1.47 bits per heavy atom. The van der Waals surface area contributed by atoms with E-state index in [2.05, 4.69) is 0 Å². The first-order valence-corrected chi connectivity index (χ1v) is 6.91. The summed E-state index contributed by atoms with van der Waals surface area (Å²) in [6.07, 6.45) is 0. The normalized spacial score (nSPS) is 12.5. The second kappa shape index (κ2) is 5.25. The Kier molecular flexibility index (Phi) is 4.30. The third-order valence-electron chi connectivity index (χ3n) is 2.39. The molecule has 1 N–H and O–H groups in total. The molecule has 0 aromatic heterocycles. The Labute approximate surface area is 111 Å². The first-order valence-electron chi connectivity index (χ1n) is 5.47. The van der Waals surface area contributed by atoms with E-state index in [9.17, 15) is 17.9 Å². The highest BCUT2D eigenvalue weighted by atomic mass is 32.2. The van der Waals surface area contributed by atoms with Crippen molar-refractivity contribution >= 4 is 10.0 Å². The molecule has 0 bridgehead atoms. The summed E-state index contributed by atoms with van der Waals surface area (Å²) in [6, 6.07) is 4.95. The van der Waals surface area contributed by atoms with Crippen molar-refractivity contribution in [2.75, 3.05) is 13.6 Å². The molecule has 0 aliphatic carbocycles. The maximum Gasteiger partial charge on any atom is 0.244 e. The second-order valence-electron chi connectivity index (χ2n) is 4.80. The summed E-state index contributed by atoms with van der Waals surface area (Å²) < 4.78 is 38.8. The molecule has 0 radical (unpaired) electrons. The van der Waals surface area contributed by atoms with Crippen LogP contribution in [0.1, 0.15) is 19.4 Å².